The molecule has 0 fully saturated rings. The van der Waals surface area contributed by atoms with Crippen molar-refractivity contribution in [3.8, 4) is 0 Å². The summed E-state index contributed by atoms with van der Waals surface area (Å²) in [6, 6.07) is 0. The maximum Gasteiger partial charge on any atom is 0.00586 e. The van der Waals surface area contributed by atoms with Crippen molar-refractivity contribution in [2.75, 3.05) is 0 Å². The molecule has 0 nitrogen and oxygen atoms in total. The fourth-order valence-electron chi connectivity index (χ4n) is 1.36. The summed E-state index contributed by atoms with van der Waals surface area (Å²) in [6.07, 6.45) is 10.3. The third-order valence-corrected chi connectivity index (χ3v) is 2.29. The number of hydrogen-bond donors (Lipinski definition) is 0. The average molecular weight is 122 g/mol. The minimum absolute atomic E-state index is 0.361. The van der Waals surface area contributed by atoms with Gasteiger partial charge in [0, 0.05) is 5.41 Å². The second-order valence-electron chi connectivity index (χ2n) is 2.73. The normalized spacial score (nSPS) is 33.0. The molecule has 1 aliphatic carbocycles. The van der Waals surface area contributed by atoms with Gasteiger partial charge in [-0.2, -0.15) is 0 Å². The number of allylic oxidation sites excluding steroid dienone is 3. The molecule has 0 heteroatoms. The molecule has 0 radical (unpaired) electrons. The Morgan fingerprint density at radius 2 is 2.56 bits per heavy atom. The molecular formula is C9H14. The third kappa shape index (κ3) is 1.07. The van der Waals surface area contributed by atoms with Gasteiger partial charge in [0.15, 0.2) is 0 Å². The minimum atomic E-state index is 0.361. The summed E-state index contributed by atoms with van der Waals surface area (Å²) in [4.78, 5) is 0. The molecule has 1 rings (SSSR count). The van der Waals surface area contributed by atoms with Gasteiger partial charge in [-0.1, -0.05) is 25.2 Å². The lowest BCUT2D eigenvalue weighted by Crippen LogP contribution is -2.08. The summed E-state index contributed by atoms with van der Waals surface area (Å²) in [7, 11) is 0. The summed E-state index contributed by atoms with van der Waals surface area (Å²) >= 11 is 0. The Hall–Kier alpha value is -0.520. The highest BCUT2D eigenvalue weighted by molar-refractivity contribution is 5.14. The molecule has 0 saturated carbocycles. The standard InChI is InChI=1S/C9H14/c1-3-9(4-2)7-5-6-8-9/h3,5,7H,1,4,6,8H2,2H3. The van der Waals surface area contributed by atoms with Gasteiger partial charge in [-0.05, 0) is 19.3 Å². The van der Waals surface area contributed by atoms with E-state index in [1.807, 2.05) is 0 Å². The molecule has 50 valence electrons. The summed E-state index contributed by atoms with van der Waals surface area (Å²) in [5.41, 5.74) is 0.361. The minimum Gasteiger partial charge on any atom is -0.102 e. The van der Waals surface area contributed by atoms with Crippen molar-refractivity contribution in [1.82, 2.24) is 0 Å². The van der Waals surface area contributed by atoms with Gasteiger partial charge in [0.1, 0.15) is 0 Å². The van der Waals surface area contributed by atoms with E-state index in [2.05, 4.69) is 31.7 Å². The highest BCUT2D eigenvalue weighted by atomic mass is 14.3. The average Bonchev–Trinajstić information content (AvgIpc) is 2.36. The Balaban J connectivity index is 2.68. The van der Waals surface area contributed by atoms with E-state index in [9.17, 15) is 0 Å². The Labute approximate surface area is 57.3 Å². The molecule has 1 unspecified atom stereocenters. The summed E-state index contributed by atoms with van der Waals surface area (Å²) < 4.78 is 0. The van der Waals surface area contributed by atoms with E-state index in [-0.39, 0.29) is 0 Å². The van der Waals surface area contributed by atoms with E-state index in [0.29, 0.717) is 5.41 Å². The Kier molecular flexibility index (Phi) is 1.75. The third-order valence-electron chi connectivity index (χ3n) is 2.29. The van der Waals surface area contributed by atoms with Gasteiger partial charge in [0.05, 0.1) is 0 Å². The molecule has 0 saturated heterocycles. The van der Waals surface area contributed by atoms with Crippen molar-refractivity contribution in [1.29, 1.82) is 0 Å². The molecule has 0 aromatic rings. The lowest BCUT2D eigenvalue weighted by Gasteiger charge is -2.19. The van der Waals surface area contributed by atoms with Gasteiger partial charge >= 0.3 is 0 Å². The zero-order valence-electron chi connectivity index (χ0n) is 6.06. The van der Waals surface area contributed by atoms with Crippen LogP contribution in [0.3, 0.4) is 0 Å². The van der Waals surface area contributed by atoms with Crippen molar-refractivity contribution in [3.63, 3.8) is 0 Å². The smallest absolute Gasteiger partial charge is 0.00586 e. The number of rotatable bonds is 2. The summed E-state index contributed by atoms with van der Waals surface area (Å²) in [6.45, 7) is 6.05. The first-order chi connectivity index (χ1) is 4.33. The van der Waals surface area contributed by atoms with E-state index in [1.54, 1.807) is 0 Å². The predicted molar refractivity (Wildman–Crippen MR) is 41.3 cm³/mol. The molecule has 0 aliphatic heterocycles. The Morgan fingerprint density at radius 3 is 2.78 bits per heavy atom. The zero-order valence-corrected chi connectivity index (χ0v) is 6.06. The van der Waals surface area contributed by atoms with E-state index < -0.39 is 0 Å². The van der Waals surface area contributed by atoms with Crippen molar-refractivity contribution < 1.29 is 0 Å². The fraction of sp³-hybridized carbons (Fsp3) is 0.556. The van der Waals surface area contributed by atoms with Crippen LogP contribution in [0.15, 0.2) is 24.8 Å². The van der Waals surface area contributed by atoms with Gasteiger partial charge in [-0.3, -0.25) is 0 Å². The first kappa shape index (κ1) is 6.60. The number of hydrogen-bond acceptors (Lipinski definition) is 0. The first-order valence-electron chi connectivity index (χ1n) is 3.64. The maximum absolute atomic E-state index is 3.83. The second-order valence-corrected chi connectivity index (χ2v) is 2.73. The monoisotopic (exact) mass is 122 g/mol. The van der Waals surface area contributed by atoms with Gasteiger partial charge in [-0.15, -0.1) is 6.58 Å². The largest absolute Gasteiger partial charge is 0.102 e. The highest BCUT2D eigenvalue weighted by Crippen LogP contribution is 2.35. The predicted octanol–water partition coefficient (Wildman–Crippen LogP) is 2.92. The molecule has 0 spiro atoms. The highest BCUT2D eigenvalue weighted by Gasteiger charge is 2.22. The Bertz CT molecular complexity index is 133. The molecule has 1 aliphatic rings. The molecule has 9 heavy (non-hydrogen) atoms. The zero-order chi connectivity index (χ0) is 6.74. The van der Waals surface area contributed by atoms with Crippen LogP contribution in [-0.2, 0) is 0 Å². The molecular weight excluding hydrogens is 108 g/mol. The Morgan fingerprint density at radius 1 is 1.78 bits per heavy atom. The summed E-state index contributed by atoms with van der Waals surface area (Å²) in [5.74, 6) is 0. The fourth-order valence-corrected chi connectivity index (χ4v) is 1.36. The van der Waals surface area contributed by atoms with E-state index in [4.69, 9.17) is 0 Å². The van der Waals surface area contributed by atoms with Crippen LogP contribution in [0.2, 0.25) is 0 Å². The first-order valence-corrected chi connectivity index (χ1v) is 3.64. The van der Waals surface area contributed by atoms with Crippen LogP contribution >= 0.6 is 0 Å². The molecule has 1 atom stereocenters. The lowest BCUT2D eigenvalue weighted by molar-refractivity contribution is 0.465. The van der Waals surface area contributed by atoms with E-state index in [1.165, 1.54) is 19.3 Å². The van der Waals surface area contributed by atoms with Crippen LogP contribution in [0.5, 0.6) is 0 Å². The molecule has 0 aromatic heterocycles. The van der Waals surface area contributed by atoms with Crippen LogP contribution < -0.4 is 0 Å². The van der Waals surface area contributed by atoms with Crippen LogP contribution in [0.1, 0.15) is 26.2 Å². The molecule has 0 amide bonds. The topological polar surface area (TPSA) is 0 Å². The van der Waals surface area contributed by atoms with E-state index >= 15 is 0 Å². The van der Waals surface area contributed by atoms with Gasteiger partial charge in [-0.25, -0.2) is 0 Å². The van der Waals surface area contributed by atoms with Crippen molar-refractivity contribution in [2.45, 2.75) is 26.2 Å². The van der Waals surface area contributed by atoms with Crippen molar-refractivity contribution in [2.24, 2.45) is 5.41 Å². The van der Waals surface area contributed by atoms with E-state index in [0.717, 1.165) is 0 Å². The van der Waals surface area contributed by atoms with Crippen LogP contribution in [0.25, 0.3) is 0 Å². The van der Waals surface area contributed by atoms with Crippen molar-refractivity contribution in [3.05, 3.63) is 24.8 Å². The quantitative estimate of drug-likeness (QED) is 0.494. The molecule has 0 bridgehead atoms. The second kappa shape index (κ2) is 2.38. The lowest BCUT2D eigenvalue weighted by atomic mass is 9.85. The van der Waals surface area contributed by atoms with Crippen LogP contribution in [0.4, 0.5) is 0 Å². The molecule has 0 heterocycles. The SMILES string of the molecule is C=CC1(CC)C=CCC1. The van der Waals surface area contributed by atoms with Gasteiger partial charge < -0.3 is 0 Å². The van der Waals surface area contributed by atoms with Gasteiger partial charge in [0.2, 0.25) is 0 Å². The maximum atomic E-state index is 3.83. The molecule has 0 aromatic carbocycles. The van der Waals surface area contributed by atoms with Crippen LogP contribution in [-0.4, -0.2) is 0 Å². The summed E-state index contributed by atoms with van der Waals surface area (Å²) in [5, 5.41) is 0. The van der Waals surface area contributed by atoms with Crippen molar-refractivity contribution >= 4 is 0 Å². The molecule has 0 N–H and O–H groups in total. The van der Waals surface area contributed by atoms with Crippen LogP contribution in [0, 0.1) is 5.41 Å². The van der Waals surface area contributed by atoms with Gasteiger partial charge in [0.25, 0.3) is 0 Å².